The molecule has 2 aliphatic rings. The minimum atomic E-state index is 0.476. The van der Waals surface area contributed by atoms with Crippen molar-refractivity contribution in [3.05, 3.63) is 0 Å². The van der Waals surface area contributed by atoms with Crippen LogP contribution in [0.2, 0.25) is 0 Å². The molecule has 2 heterocycles. The Morgan fingerprint density at radius 3 is 2.45 bits per heavy atom. The van der Waals surface area contributed by atoms with Crippen LogP contribution in [0.1, 0.15) is 59.3 Å². The van der Waals surface area contributed by atoms with Gasteiger partial charge < -0.3 is 0 Å². The number of fused-ring (bicyclic) bond motifs is 1. The number of piperidine rings is 1. The first-order chi connectivity index (χ1) is 9.68. The Morgan fingerprint density at radius 2 is 1.85 bits per heavy atom. The van der Waals surface area contributed by atoms with E-state index in [9.17, 15) is 0 Å². The molecule has 2 aliphatic heterocycles. The highest BCUT2D eigenvalue weighted by atomic mass is 32.2. The van der Waals surface area contributed by atoms with Crippen LogP contribution in [0.5, 0.6) is 0 Å². The van der Waals surface area contributed by atoms with Gasteiger partial charge >= 0.3 is 0 Å². The van der Waals surface area contributed by atoms with Gasteiger partial charge in [-0.3, -0.25) is 9.80 Å². The Morgan fingerprint density at radius 1 is 1.10 bits per heavy atom. The summed E-state index contributed by atoms with van der Waals surface area (Å²) in [6.07, 6.45) is 10.5. The lowest BCUT2D eigenvalue weighted by Crippen LogP contribution is -2.61. The van der Waals surface area contributed by atoms with Gasteiger partial charge in [-0.15, -0.1) is 0 Å². The molecule has 2 unspecified atom stereocenters. The first-order valence-corrected chi connectivity index (χ1v) is 9.93. The van der Waals surface area contributed by atoms with E-state index in [0.29, 0.717) is 4.75 Å². The van der Waals surface area contributed by atoms with Crippen LogP contribution in [0.15, 0.2) is 0 Å². The Hall–Kier alpha value is 0.270. The van der Waals surface area contributed by atoms with E-state index < -0.39 is 0 Å². The van der Waals surface area contributed by atoms with Crippen molar-refractivity contribution in [3.63, 3.8) is 0 Å². The summed E-state index contributed by atoms with van der Waals surface area (Å²) in [7, 11) is 0. The van der Waals surface area contributed by atoms with Gasteiger partial charge in [0.1, 0.15) is 0 Å². The highest BCUT2D eigenvalue weighted by molar-refractivity contribution is 8.00. The number of nitrogens with zero attached hydrogens (tertiary/aromatic N) is 2. The molecule has 0 bridgehead atoms. The summed E-state index contributed by atoms with van der Waals surface area (Å²) in [5, 5.41) is 0. The van der Waals surface area contributed by atoms with Crippen molar-refractivity contribution < 1.29 is 0 Å². The number of hydrogen-bond acceptors (Lipinski definition) is 3. The predicted molar refractivity (Wildman–Crippen MR) is 91.7 cm³/mol. The van der Waals surface area contributed by atoms with Crippen LogP contribution < -0.4 is 0 Å². The van der Waals surface area contributed by atoms with E-state index in [1.807, 2.05) is 0 Å². The molecular weight excluding hydrogens is 264 g/mol. The third kappa shape index (κ3) is 3.53. The average Bonchev–Trinajstić information content (AvgIpc) is 2.52. The standard InChI is InChI=1S/C17H34N2S/c1-5-15-12-18-11-9-8-10-16(18)13-19(15)14-17(6-2,7-3)20-4/h15-16H,5-14H2,1-4H3. The molecule has 2 nitrogen and oxygen atoms in total. The summed E-state index contributed by atoms with van der Waals surface area (Å²) in [6.45, 7) is 12.4. The first kappa shape index (κ1) is 16.6. The van der Waals surface area contributed by atoms with Crippen molar-refractivity contribution in [2.45, 2.75) is 76.1 Å². The monoisotopic (exact) mass is 298 g/mol. The highest BCUT2D eigenvalue weighted by Gasteiger charge is 2.37. The largest absolute Gasteiger partial charge is 0.298 e. The lowest BCUT2D eigenvalue weighted by molar-refractivity contribution is 0.00242. The molecule has 0 radical (unpaired) electrons. The van der Waals surface area contributed by atoms with Gasteiger partial charge in [-0.25, -0.2) is 0 Å². The van der Waals surface area contributed by atoms with Gasteiger partial charge in [0, 0.05) is 36.5 Å². The second-order valence-corrected chi connectivity index (χ2v) is 8.00. The van der Waals surface area contributed by atoms with Crippen molar-refractivity contribution in [2.24, 2.45) is 0 Å². The van der Waals surface area contributed by atoms with Crippen molar-refractivity contribution in [2.75, 3.05) is 32.4 Å². The van der Waals surface area contributed by atoms with Crippen molar-refractivity contribution in [1.82, 2.24) is 9.80 Å². The summed E-state index contributed by atoms with van der Waals surface area (Å²) >= 11 is 2.10. The summed E-state index contributed by atoms with van der Waals surface area (Å²) in [5.41, 5.74) is 0. The molecule has 0 aliphatic carbocycles. The summed E-state index contributed by atoms with van der Waals surface area (Å²) in [6, 6.07) is 1.63. The SMILES string of the molecule is CCC1CN2CCCCC2CN1CC(CC)(CC)SC. The van der Waals surface area contributed by atoms with Crippen LogP contribution in [0.4, 0.5) is 0 Å². The fourth-order valence-electron chi connectivity index (χ4n) is 4.09. The molecule has 0 N–H and O–H groups in total. The second-order valence-electron chi connectivity index (χ2n) is 6.73. The zero-order valence-corrected chi connectivity index (χ0v) is 14.8. The van der Waals surface area contributed by atoms with Gasteiger partial charge in [0.25, 0.3) is 0 Å². The zero-order valence-electron chi connectivity index (χ0n) is 14.0. The fraction of sp³-hybridized carbons (Fsp3) is 1.00. The molecular formula is C17H34N2S. The van der Waals surface area contributed by atoms with Crippen LogP contribution in [-0.2, 0) is 0 Å². The minimum Gasteiger partial charge on any atom is -0.298 e. The molecule has 3 heteroatoms. The minimum absolute atomic E-state index is 0.476. The third-order valence-corrected chi connectivity index (χ3v) is 7.41. The van der Waals surface area contributed by atoms with E-state index in [4.69, 9.17) is 0 Å². The Labute approximate surface area is 130 Å². The molecule has 2 rings (SSSR count). The molecule has 0 amide bonds. The molecule has 0 aromatic carbocycles. The molecule has 0 spiro atoms. The Kier molecular flexibility index (Phi) is 6.25. The quantitative estimate of drug-likeness (QED) is 0.735. The van der Waals surface area contributed by atoms with E-state index in [0.717, 1.165) is 12.1 Å². The van der Waals surface area contributed by atoms with E-state index in [1.54, 1.807) is 0 Å². The number of rotatable bonds is 6. The molecule has 2 saturated heterocycles. The van der Waals surface area contributed by atoms with Crippen LogP contribution >= 0.6 is 11.8 Å². The van der Waals surface area contributed by atoms with Gasteiger partial charge in [-0.05, 0) is 44.9 Å². The second kappa shape index (κ2) is 7.51. The van der Waals surface area contributed by atoms with Crippen molar-refractivity contribution in [3.8, 4) is 0 Å². The van der Waals surface area contributed by atoms with E-state index in [-0.39, 0.29) is 0 Å². The summed E-state index contributed by atoms with van der Waals surface area (Å²) in [4.78, 5) is 5.63. The van der Waals surface area contributed by atoms with Gasteiger partial charge in [0.05, 0.1) is 0 Å². The van der Waals surface area contributed by atoms with Crippen molar-refractivity contribution >= 4 is 11.8 Å². The average molecular weight is 299 g/mol. The Bertz CT molecular complexity index is 282. The Balaban J connectivity index is 2.04. The molecule has 0 saturated carbocycles. The first-order valence-electron chi connectivity index (χ1n) is 8.71. The summed E-state index contributed by atoms with van der Waals surface area (Å²) < 4.78 is 0.476. The maximum absolute atomic E-state index is 2.84. The van der Waals surface area contributed by atoms with Crippen LogP contribution in [0.3, 0.4) is 0 Å². The normalized spacial score (nSPS) is 29.4. The predicted octanol–water partition coefficient (Wildman–Crippen LogP) is 3.86. The molecule has 2 atom stereocenters. The number of thioether (sulfide) groups is 1. The topological polar surface area (TPSA) is 6.48 Å². The molecule has 2 fully saturated rings. The van der Waals surface area contributed by atoms with Crippen molar-refractivity contribution in [1.29, 1.82) is 0 Å². The van der Waals surface area contributed by atoms with E-state index >= 15 is 0 Å². The van der Waals surface area contributed by atoms with Crippen LogP contribution in [0, 0.1) is 0 Å². The molecule has 0 aromatic heterocycles. The molecule has 0 aromatic rings. The summed E-state index contributed by atoms with van der Waals surface area (Å²) in [5.74, 6) is 0. The van der Waals surface area contributed by atoms with Crippen LogP contribution in [-0.4, -0.2) is 59.1 Å². The number of piperazine rings is 1. The smallest absolute Gasteiger partial charge is 0.0279 e. The fourth-order valence-corrected chi connectivity index (χ4v) is 4.96. The molecule has 118 valence electrons. The maximum Gasteiger partial charge on any atom is 0.0279 e. The van der Waals surface area contributed by atoms with E-state index in [2.05, 4.69) is 48.6 Å². The highest BCUT2D eigenvalue weighted by Crippen LogP contribution is 2.34. The van der Waals surface area contributed by atoms with Gasteiger partial charge in [-0.1, -0.05) is 27.2 Å². The maximum atomic E-state index is 2.84. The van der Waals surface area contributed by atoms with Gasteiger partial charge in [0.2, 0.25) is 0 Å². The lowest BCUT2D eigenvalue weighted by Gasteiger charge is -2.50. The lowest BCUT2D eigenvalue weighted by atomic mass is 9.93. The van der Waals surface area contributed by atoms with Gasteiger partial charge in [-0.2, -0.15) is 11.8 Å². The third-order valence-electron chi connectivity index (χ3n) is 5.84. The zero-order chi connectivity index (χ0) is 14.6. The van der Waals surface area contributed by atoms with Crippen LogP contribution in [0.25, 0.3) is 0 Å². The molecule has 20 heavy (non-hydrogen) atoms. The van der Waals surface area contributed by atoms with E-state index in [1.165, 1.54) is 64.7 Å². The van der Waals surface area contributed by atoms with Gasteiger partial charge in [0.15, 0.2) is 0 Å². The number of hydrogen-bond donors (Lipinski definition) is 0.